The van der Waals surface area contributed by atoms with Crippen LogP contribution in [0.5, 0.6) is 5.75 Å². The van der Waals surface area contributed by atoms with Crippen LogP contribution in [0.1, 0.15) is 18.4 Å². The van der Waals surface area contributed by atoms with E-state index in [1.165, 1.54) is 0 Å². The van der Waals surface area contributed by atoms with Crippen LogP contribution in [0.4, 0.5) is 0 Å². The van der Waals surface area contributed by atoms with Crippen molar-refractivity contribution in [3.63, 3.8) is 0 Å². The minimum absolute atomic E-state index is 0.0966. The van der Waals surface area contributed by atoms with E-state index in [4.69, 9.17) is 9.47 Å². The number of carbonyl (C=O) groups excluding carboxylic acids is 1. The van der Waals surface area contributed by atoms with Crippen molar-refractivity contribution in [2.75, 3.05) is 46.5 Å². The van der Waals surface area contributed by atoms with Crippen molar-refractivity contribution in [3.8, 4) is 5.75 Å². The van der Waals surface area contributed by atoms with E-state index < -0.39 is 0 Å². The van der Waals surface area contributed by atoms with Gasteiger partial charge in [0, 0.05) is 37.8 Å². The Morgan fingerprint density at radius 3 is 2.68 bits per heavy atom. The van der Waals surface area contributed by atoms with E-state index >= 15 is 0 Å². The standard InChI is InChI=1S/C19H28N2O4/c1-24-18-5-3-2-4-15(18)14-19(23)21-8-6-16(17(22)7-9-21)20-10-12-25-13-11-20/h2-5,16-17,22H,6-14H2,1H3/t16-,17-/m0/s1. The van der Waals surface area contributed by atoms with Gasteiger partial charge in [0.25, 0.3) is 0 Å². The molecular weight excluding hydrogens is 320 g/mol. The molecule has 6 nitrogen and oxygen atoms in total. The molecule has 0 unspecified atom stereocenters. The molecule has 1 aromatic rings. The van der Waals surface area contributed by atoms with Gasteiger partial charge in [0.1, 0.15) is 5.75 Å². The molecule has 6 heteroatoms. The number of aliphatic hydroxyl groups excluding tert-OH is 1. The summed E-state index contributed by atoms with van der Waals surface area (Å²) in [5.74, 6) is 0.844. The van der Waals surface area contributed by atoms with E-state index in [0.717, 1.165) is 44.0 Å². The topological polar surface area (TPSA) is 62.2 Å². The van der Waals surface area contributed by atoms with Gasteiger partial charge in [-0.1, -0.05) is 18.2 Å². The summed E-state index contributed by atoms with van der Waals surface area (Å²) in [6, 6.07) is 7.75. The third-order valence-corrected chi connectivity index (χ3v) is 5.24. The first kappa shape index (κ1) is 18.2. The normalized spacial score (nSPS) is 25.4. The summed E-state index contributed by atoms with van der Waals surface area (Å²) in [6.45, 7) is 4.45. The summed E-state index contributed by atoms with van der Waals surface area (Å²) in [7, 11) is 1.62. The third kappa shape index (κ3) is 4.51. The first-order valence-electron chi connectivity index (χ1n) is 9.08. The lowest BCUT2D eigenvalue weighted by Crippen LogP contribution is -2.49. The van der Waals surface area contributed by atoms with Gasteiger partial charge in [-0.2, -0.15) is 0 Å². The van der Waals surface area contributed by atoms with Crippen LogP contribution in [-0.4, -0.2) is 79.5 Å². The first-order valence-corrected chi connectivity index (χ1v) is 9.08. The van der Waals surface area contributed by atoms with Crippen molar-refractivity contribution >= 4 is 5.91 Å². The Hall–Kier alpha value is -1.63. The smallest absolute Gasteiger partial charge is 0.227 e. The third-order valence-electron chi connectivity index (χ3n) is 5.24. The minimum Gasteiger partial charge on any atom is -0.496 e. The van der Waals surface area contributed by atoms with Gasteiger partial charge >= 0.3 is 0 Å². The van der Waals surface area contributed by atoms with Crippen LogP contribution in [0.25, 0.3) is 0 Å². The number of ether oxygens (including phenoxy) is 2. The number of hydrogen-bond donors (Lipinski definition) is 1. The molecule has 138 valence electrons. The predicted octanol–water partition coefficient (Wildman–Crippen LogP) is 0.922. The van der Waals surface area contributed by atoms with Gasteiger partial charge in [-0.15, -0.1) is 0 Å². The van der Waals surface area contributed by atoms with Crippen molar-refractivity contribution in [2.24, 2.45) is 0 Å². The Kier molecular flexibility index (Phi) is 6.29. The molecule has 1 N–H and O–H groups in total. The zero-order valence-electron chi connectivity index (χ0n) is 14.9. The lowest BCUT2D eigenvalue weighted by molar-refractivity contribution is -0.130. The maximum absolute atomic E-state index is 12.7. The molecule has 0 bridgehead atoms. The second-order valence-corrected chi connectivity index (χ2v) is 6.73. The fraction of sp³-hybridized carbons (Fsp3) is 0.632. The number of amides is 1. The number of likely N-dealkylation sites (tertiary alicyclic amines) is 1. The molecule has 2 aliphatic heterocycles. The van der Waals surface area contributed by atoms with Gasteiger partial charge in [0.15, 0.2) is 0 Å². The molecule has 2 saturated heterocycles. The summed E-state index contributed by atoms with van der Waals surface area (Å²) in [5, 5.41) is 10.5. The first-order chi connectivity index (χ1) is 12.2. The maximum atomic E-state index is 12.7. The molecule has 0 saturated carbocycles. The predicted molar refractivity (Wildman–Crippen MR) is 94.7 cm³/mol. The van der Waals surface area contributed by atoms with Crippen LogP contribution in [0.15, 0.2) is 24.3 Å². The number of nitrogens with zero attached hydrogens (tertiary/aromatic N) is 2. The Bertz CT molecular complexity index is 574. The summed E-state index contributed by atoms with van der Waals surface area (Å²) in [4.78, 5) is 16.9. The van der Waals surface area contributed by atoms with Crippen LogP contribution in [-0.2, 0) is 16.0 Å². The lowest BCUT2D eigenvalue weighted by Gasteiger charge is -2.36. The van der Waals surface area contributed by atoms with E-state index in [1.807, 2.05) is 29.2 Å². The highest BCUT2D eigenvalue weighted by molar-refractivity contribution is 5.79. The zero-order chi connectivity index (χ0) is 17.6. The van der Waals surface area contributed by atoms with Gasteiger partial charge in [0.2, 0.25) is 5.91 Å². The molecular formula is C19H28N2O4. The maximum Gasteiger partial charge on any atom is 0.227 e. The molecule has 0 aliphatic carbocycles. The number of hydrogen-bond acceptors (Lipinski definition) is 5. The summed E-state index contributed by atoms with van der Waals surface area (Å²) < 4.78 is 10.7. The van der Waals surface area contributed by atoms with Crippen LogP contribution in [0.3, 0.4) is 0 Å². The average molecular weight is 348 g/mol. The molecule has 0 aromatic heterocycles. The molecule has 1 aromatic carbocycles. The molecule has 3 rings (SSSR count). The van der Waals surface area contributed by atoms with Gasteiger partial charge in [-0.05, 0) is 18.9 Å². The Balaban J connectivity index is 1.60. The van der Waals surface area contributed by atoms with Crippen LogP contribution < -0.4 is 4.74 Å². The minimum atomic E-state index is -0.387. The molecule has 0 radical (unpaired) electrons. The van der Waals surface area contributed by atoms with Crippen LogP contribution in [0, 0.1) is 0 Å². The van der Waals surface area contributed by atoms with Crippen LogP contribution >= 0.6 is 0 Å². The molecule has 25 heavy (non-hydrogen) atoms. The fourth-order valence-corrected chi connectivity index (χ4v) is 3.78. The number of para-hydroxylation sites is 1. The summed E-state index contributed by atoms with van der Waals surface area (Å²) in [6.07, 6.45) is 1.38. The Labute approximate surface area is 149 Å². The molecule has 2 aliphatic rings. The highest BCUT2D eigenvalue weighted by Gasteiger charge is 2.31. The van der Waals surface area contributed by atoms with Gasteiger partial charge in [-0.3, -0.25) is 9.69 Å². The second-order valence-electron chi connectivity index (χ2n) is 6.73. The SMILES string of the molecule is COc1ccccc1CC(=O)N1CC[C@H](O)[C@@H](N2CCOCC2)CC1. The number of benzene rings is 1. The van der Waals surface area contributed by atoms with Crippen LogP contribution in [0.2, 0.25) is 0 Å². The molecule has 2 fully saturated rings. The van der Waals surface area contributed by atoms with E-state index in [9.17, 15) is 9.90 Å². The number of methoxy groups -OCH3 is 1. The largest absolute Gasteiger partial charge is 0.496 e. The lowest BCUT2D eigenvalue weighted by atomic mass is 10.0. The van der Waals surface area contributed by atoms with Gasteiger partial charge in [0.05, 0.1) is 32.8 Å². The highest BCUT2D eigenvalue weighted by Crippen LogP contribution is 2.22. The van der Waals surface area contributed by atoms with Crippen molar-refractivity contribution in [3.05, 3.63) is 29.8 Å². The second kappa shape index (κ2) is 8.65. The molecule has 0 spiro atoms. The van der Waals surface area contributed by atoms with E-state index in [0.29, 0.717) is 25.9 Å². The molecule has 2 atom stereocenters. The van der Waals surface area contributed by atoms with Gasteiger partial charge in [-0.25, -0.2) is 0 Å². The Morgan fingerprint density at radius 1 is 1.20 bits per heavy atom. The summed E-state index contributed by atoms with van der Waals surface area (Å²) >= 11 is 0. The van der Waals surface area contributed by atoms with Crippen molar-refractivity contribution in [1.82, 2.24) is 9.80 Å². The summed E-state index contributed by atoms with van der Waals surface area (Å²) in [5.41, 5.74) is 0.907. The van der Waals surface area contributed by atoms with Crippen molar-refractivity contribution < 1.29 is 19.4 Å². The van der Waals surface area contributed by atoms with E-state index in [2.05, 4.69) is 4.90 Å². The number of carbonyl (C=O) groups is 1. The Morgan fingerprint density at radius 2 is 1.92 bits per heavy atom. The zero-order valence-corrected chi connectivity index (χ0v) is 14.9. The fourth-order valence-electron chi connectivity index (χ4n) is 3.78. The van der Waals surface area contributed by atoms with Crippen molar-refractivity contribution in [1.29, 1.82) is 0 Å². The average Bonchev–Trinajstić information content (AvgIpc) is 2.84. The quantitative estimate of drug-likeness (QED) is 0.877. The number of morpholine rings is 1. The van der Waals surface area contributed by atoms with E-state index in [-0.39, 0.29) is 18.1 Å². The number of aliphatic hydroxyl groups is 1. The van der Waals surface area contributed by atoms with Crippen molar-refractivity contribution in [2.45, 2.75) is 31.4 Å². The molecule has 1 amide bonds. The monoisotopic (exact) mass is 348 g/mol. The molecule has 2 heterocycles. The number of rotatable bonds is 4. The van der Waals surface area contributed by atoms with E-state index in [1.54, 1.807) is 7.11 Å². The van der Waals surface area contributed by atoms with Gasteiger partial charge < -0.3 is 19.5 Å². The highest BCUT2D eigenvalue weighted by atomic mass is 16.5.